The Hall–Kier alpha value is -1.59. The smallest absolute Gasteiger partial charge is 0.179 e. The average Bonchev–Trinajstić information content (AvgIpc) is 2.84. The number of Topliss-reactive ketones (excluding diaryl/α,β-unsaturated/α-hetero) is 1. The number of halogens is 2. The molecule has 0 atom stereocenters. The monoisotopic (exact) mass is 281 g/mol. The summed E-state index contributed by atoms with van der Waals surface area (Å²) in [4.78, 5) is 14.8. The van der Waals surface area contributed by atoms with Gasteiger partial charge in [-0.3, -0.25) is 9.69 Å². The normalized spacial score (nSPS) is 10.9. The first-order valence-corrected chi connectivity index (χ1v) is 6.63. The molecule has 0 bridgehead atoms. The molecule has 1 aromatic carbocycles. The summed E-state index contributed by atoms with van der Waals surface area (Å²) in [6.07, 6.45) is 0. The summed E-state index contributed by atoms with van der Waals surface area (Å²) in [7, 11) is 1.77. The third kappa shape index (κ3) is 3.68. The van der Waals surface area contributed by atoms with E-state index in [2.05, 4.69) is 0 Å². The molecule has 100 valence electrons. The fourth-order valence-corrected chi connectivity index (χ4v) is 2.55. The average molecular weight is 281 g/mol. The molecule has 5 heteroatoms. The first kappa shape index (κ1) is 13.8. The van der Waals surface area contributed by atoms with Gasteiger partial charge in [0.15, 0.2) is 5.78 Å². The van der Waals surface area contributed by atoms with Crippen LogP contribution >= 0.6 is 11.3 Å². The molecule has 1 heterocycles. The summed E-state index contributed by atoms with van der Waals surface area (Å²) in [5, 5.41) is 1.96. The number of carbonyl (C=O) groups is 1. The molecule has 0 amide bonds. The van der Waals surface area contributed by atoms with E-state index in [4.69, 9.17) is 0 Å². The Kier molecular flexibility index (Phi) is 4.39. The van der Waals surface area contributed by atoms with E-state index >= 15 is 0 Å². The molecule has 1 aromatic heterocycles. The lowest BCUT2D eigenvalue weighted by atomic mass is 10.1. The van der Waals surface area contributed by atoms with Gasteiger partial charge in [0.1, 0.15) is 11.6 Å². The van der Waals surface area contributed by atoms with E-state index in [9.17, 15) is 13.6 Å². The molecule has 19 heavy (non-hydrogen) atoms. The van der Waals surface area contributed by atoms with Crippen molar-refractivity contribution in [2.24, 2.45) is 0 Å². The predicted molar refractivity (Wildman–Crippen MR) is 71.3 cm³/mol. The molecule has 0 saturated heterocycles. The largest absolute Gasteiger partial charge is 0.294 e. The second-order valence-electron chi connectivity index (χ2n) is 4.30. The molecular formula is C14H13F2NOS. The third-order valence-corrected chi connectivity index (χ3v) is 3.51. The Bertz CT molecular complexity index is 569. The van der Waals surface area contributed by atoms with E-state index in [-0.39, 0.29) is 12.1 Å². The van der Waals surface area contributed by atoms with Gasteiger partial charge in [0.05, 0.1) is 12.1 Å². The van der Waals surface area contributed by atoms with Gasteiger partial charge in [-0.2, -0.15) is 0 Å². The molecule has 0 spiro atoms. The van der Waals surface area contributed by atoms with Crippen molar-refractivity contribution < 1.29 is 13.6 Å². The zero-order chi connectivity index (χ0) is 13.8. The number of likely N-dealkylation sites (N-methyl/N-ethyl adjacent to an activating group) is 1. The summed E-state index contributed by atoms with van der Waals surface area (Å²) in [5.41, 5.74) is -0.196. The maximum atomic E-state index is 13.4. The summed E-state index contributed by atoms with van der Waals surface area (Å²) in [5.74, 6) is -1.71. The molecule has 0 saturated carbocycles. The van der Waals surface area contributed by atoms with Crippen molar-refractivity contribution in [2.75, 3.05) is 13.6 Å². The number of benzene rings is 1. The van der Waals surface area contributed by atoms with Crippen molar-refractivity contribution in [2.45, 2.75) is 6.54 Å². The van der Waals surface area contributed by atoms with Crippen LogP contribution in [0.1, 0.15) is 15.2 Å². The molecule has 2 rings (SSSR count). The number of ketones is 1. The van der Waals surface area contributed by atoms with Gasteiger partial charge in [0.25, 0.3) is 0 Å². The maximum Gasteiger partial charge on any atom is 0.179 e. The molecule has 0 aliphatic heterocycles. The number of thiophene rings is 1. The highest BCUT2D eigenvalue weighted by Gasteiger charge is 2.15. The molecule has 0 N–H and O–H groups in total. The zero-order valence-electron chi connectivity index (χ0n) is 10.4. The predicted octanol–water partition coefficient (Wildman–Crippen LogP) is 3.34. The molecule has 0 fully saturated rings. The molecule has 2 aromatic rings. The number of nitrogens with zero attached hydrogens (tertiary/aromatic N) is 1. The van der Waals surface area contributed by atoms with Gasteiger partial charge in [-0.25, -0.2) is 8.78 Å². The highest BCUT2D eigenvalue weighted by atomic mass is 32.1. The van der Waals surface area contributed by atoms with Crippen LogP contribution in [0.25, 0.3) is 0 Å². The number of carbonyl (C=O) groups excluding carboxylic acids is 1. The van der Waals surface area contributed by atoms with Crippen molar-refractivity contribution in [1.82, 2.24) is 4.90 Å². The van der Waals surface area contributed by atoms with Crippen molar-refractivity contribution in [3.05, 3.63) is 57.8 Å². The number of hydrogen-bond donors (Lipinski definition) is 0. The minimum Gasteiger partial charge on any atom is -0.294 e. The topological polar surface area (TPSA) is 20.3 Å². The van der Waals surface area contributed by atoms with Crippen LogP contribution in [0.3, 0.4) is 0 Å². The van der Waals surface area contributed by atoms with E-state index in [1.807, 2.05) is 17.5 Å². The first-order chi connectivity index (χ1) is 9.06. The Labute approximate surface area is 114 Å². The van der Waals surface area contributed by atoms with Gasteiger partial charge in [-0.1, -0.05) is 6.07 Å². The molecule has 0 unspecified atom stereocenters. The Morgan fingerprint density at radius 3 is 2.79 bits per heavy atom. The lowest BCUT2D eigenvalue weighted by Gasteiger charge is -2.14. The van der Waals surface area contributed by atoms with Gasteiger partial charge >= 0.3 is 0 Å². The van der Waals surface area contributed by atoms with Gasteiger partial charge in [0, 0.05) is 11.4 Å². The van der Waals surface area contributed by atoms with Gasteiger partial charge in [-0.15, -0.1) is 11.3 Å². The minimum atomic E-state index is -0.684. The van der Waals surface area contributed by atoms with Crippen molar-refractivity contribution in [1.29, 1.82) is 0 Å². The first-order valence-electron chi connectivity index (χ1n) is 5.75. The van der Waals surface area contributed by atoms with E-state index in [1.165, 1.54) is 0 Å². The van der Waals surface area contributed by atoms with Crippen LogP contribution < -0.4 is 0 Å². The van der Waals surface area contributed by atoms with Gasteiger partial charge in [-0.05, 0) is 36.7 Å². The number of rotatable bonds is 5. The fourth-order valence-electron chi connectivity index (χ4n) is 1.77. The summed E-state index contributed by atoms with van der Waals surface area (Å²) in [6.45, 7) is 0.665. The van der Waals surface area contributed by atoms with Crippen molar-refractivity contribution in [3.8, 4) is 0 Å². The molecule has 2 nitrogen and oxygen atoms in total. The lowest BCUT2D eigenvalue weighted by Crippen LogP contribution is -2.25. The van der Waals surface area contributed by atoms with E-state index in [1.54, 1.807) is 23.3 Å². The Balaban J connectivity index is 2.02. The highest BCUT2D eigenvalue weighted by Crippen LogP contribution is 2.13. The van der Waals surface area contributed by atoms with E-state index in [0.717, 1.165) is 23.1 Å². The second kappa shape index (κ2) is 6.04. The third-order valence-electron chi connectivity index (χ3n) is 2.65. The Morgan fingerprint density at radius 2 is 2.11 bits per heavy atom. The van der Waals surface area contributed by atoms with Gasteiger partial charge in [0.2, 0.25) is 0 Å². The van der Waals surface area contributed by atoms with Crippen LogP contribution in [0, 0.1) is 11.6 Å². The fraction of sp³-hybridized carbons (Fsp3) is 0.214. The quantitative estimate of drug-likeness (QED) is 0.783. The standard InChI is InChI=1S/C14H13F2NOS/c1-17(8-11-3-2-6-19-11)9-14(18)12-7-10(15)4-5-13(12)16/h2-7H,8-9H2,1H3. The maximum absolute atomic E-state index is 13.4. The highest BCUT2D eigenvalue weighted by molar-refractivity contribution is 7.09. The molecule has 0 aliphatic carbocycles. The van der Waals surface area contributed by atoms with E-state index < -0.39 is 17.4 Å². The van der Waals surface area contributed by atoms with Crippen molar-refractivity contribution >= 4 is 17.1 Å². The zero-order valence-corrected chi connectivity index (χ0v) is 11.2. The minimum absolute atomic E-state index is 0.0538. The summed E-state index contributed by atoms with van der Waals surface area (Å²) < 4.78 is 26.5. The van der Waals surface area contributed by atoms with E-state index in [0.29, 0.717) is 6.54 Å². The molecule has 0 aliphatic rings. The van der Waals surface area contributed by atoms with Gasteiger partial charge < -0.3 is 0 Å². The summed E-state index contributed by atoms with van der Waals surface area (Å²) >= 11 is 1.59. The number of hydrogen-bond acceptors (Lipinski definition) is 3. The lowest BCUT2D eigenvalue weighted by molar-refractivity contribution is 0.0939. The van der Waals surface area contributed by atoms with Crippen LogP contribution in [0.4, 0.5) is 8.78 Å². The van der Waals surface area contributed by atoms with Crippen LogP contribution in [0.2, 0.25) is 0 Å². The molecular weight excluding hydrogens is 268 g/mol. The van der Waals surface area contributed by atoms with Crippen LogP contribution in [-0.2, 0) is 6.54 Å². The second-order valence-corrected chi connectivity index (χ2v) is 5.33. The van der Waals surface area contributed by atoms with Crippen LogP contribution in [-0.4, -0.2) is 24.3 Å². The summed E-state index contributed by atoms with van der Waals surface area (Å²) in [6, 6.07) is 6.82. The SMILES string of the molecule is CN(CC(=O)c1cc(F)ccc1F)Cc1cccs1. The van der Waals surface area contributed by atoms with Crippen molar-refractivity contribution in [3.63, 3.8) is 0 Å². The van der Waals surface area contributed by atoms with Crippen LogP contribution in [0.5, 0.6) is 0 Å². The Morgan fingerprint density at radius 1 is 1.32 bits per heavy atom. The van der Waals surface area contributed by atoms with Crippen LogP contribution in [0.15, 0.2) is 35.7 Å². The molecule has 0 radical (unpaired) electrons.